The van der Waals surface area contributed by atoms with Crippen molar-refractivity contribution in [3.63, 3.8) is 0 Å². The molecule has 0 saturated carbocycles. The first-order valence-electron chi connectivity index (χ1n) is 8.93. The number of aryl methyl sites for hydroxylation is 2. The van der Waals surface area contributed by atoms with Gasteiger partial charge in [0, 0.05) is 17.1 Å². The molecule has 0 unspecified atom stereocenters. The molecule has 0 aliphatic rings. The van der Waals surface area contributed by atoms with E-state index in [1.54, 1.807) is 16.8 Å². The quantitative estimate of drug-likeness (QED) is 0.520. The third-order valence-corrected chi connectivity index (χ3v) is 4.09. The van der Waals surface area contributed by atoms with Crippen LogP contribution in [-0.4, -0.2) is 40.6 Å². The van der Waals surface area contributed by atoms with Crippen LogP contribution in [0.15, 0.2) is 55.1 Å². The summed E-state index contributed by atoms with van der Waals surface area (Å²) in [6.45, 7) is 4.02. The second-order valence-corrected chi connectivity index (χ2v) is 6.46. The molecule has 1 amide bonds. The van der Waals surface area contributed by atoms with Gasteiger partial charge in [0.2, 0.25) is 5.91 Å². The SMILES string of the molecule is Cc1cc(C)n(-c2ccc(Nc3ccc(NC(=O)Cn4cncn4)cc3)nn2)n1. The van der Waals surface area contributed by atoms with Gasteiger partial charge in [0.15, 0.2) is 11.6 Å². The second-order valence-electron chi connectivity index (χ2n) is 6.46. The number of carbonyl (C=O) groups is 1. The van der Waals surface area contributed by atoms with E-state index in [1.807, 2.05) is 44.2 Å². The summed E-state index contributed by atoms with van der Waals surface area (Å²) in [6.07, 6.45) is 2.88. The topological polar surface area (TPSA) is 115 Å². The van der Waals surface area contributed by atoms with Gasteiger partial charge in [-0.15, -0.1) is 10.2 Å². The van der Waals surface area contributed by atoms with Gasteiger partial charge in [-0.25, -0.2) is 14.3 Å². The minimum Gasteiger partial charge on any atom is -0.339 e. The van der Waals surface area contributed by atoms with Crippen LogP contribution >= 0.6 is 0 Å². The molecule has 10 heteroatoms. The number of rotatable bonds is 6. The van der Waals surface area contributed by atoms with Crippen LogP contribution in [0.1, 0.15) is 11.4 Å². The van der Waals surface area contributed by atoms with E-state index in [-0.39, 0.29) is 12.5 Å². The van der Waals surface area contributed by atoms with Crippen LogP contribution in [-0.2, 0) is 11.3 Å². The number of aromatic nitrogens is 7. The van der Waals surface area contributed by atoms with E-state index in [1.165, 1.54) is 17.3 Å². The third kappa shape index (κ3) is 4.43. The molecule has 0 radical (unpaired) electrons. The number of hydrogen-bond donors (Lipinski definition) is 2. The summed E-state index contributed by atoms with van der Waals surface area (Å²) in [5.41, 5.74) is 3.44. The monoisotopic (exact) mass is 389 g/mol. The first kappa shape index (κ1) is 18.3. The van der Waals surface area contributed by atoms with Crippen molar-refractivity contribution in [2.45, 2.75) is 20.4 Å². The highest BCUT2D eigenvalue weighted by Gasteiger charge is 2.07. The predicted molar refractivity (Wildman–Crippen MR) is 107 cm³/mol. The van der Waals surface area contributed by atoms with Crippen molar-refractivity contribution in [1.82, 2.24) is 34.7 Å². The summed E-state index contributed by atoms with van der Waals surface area (Å²) in [6, 6.07) is 13.0. The lowest BCUT2D eigenvalue weighted by Crippen LogP contribution is -2.18. The molecule has 1 aromatic carbocycles. The van der Waals surface area contributed by atoms with E-state index in [0.29, 0.717) is 17.3 Å². The maximum absolute atomic E-state index is 12.0. The van der Waals surface area contributed by atoms with E-state index in [4.69, 9.17) is 0 Å². The van der Waals surface area contributed by atoms with Gasteiger partial charge < -0.3 is 10.6 Å². The highest BCUT2D eigenvalue weighted by Crippen LogP contribution is 2.18. The molecule has 0 fully saturated rings. The van der Waals surface area contributed by atoms with Gasteiger partial charge in [0.1, 0.15) is 19.2 Å². The number of nitrogens with one attached hydrogen (secondary N) is 2. The Morgan fingerprint density at radius 1 is 1.03 bits per heavy atom. The van der Waals surface area contributed by atoms with Crippen LogP contribution in [0.25, 0.3) is 5.82 Å². The number of carbonyl (C=O) groups excluding carboxylic acids is 1. The number of hydrogen-bond acceptors (Lipinski definition) is 7. The fourth-order valence-corrected chi connectivity index (χ4v) is 2.81. The molecule has 4 aromatic rings. The van der Waals surface area contributed by atoms with Crippen molar-refractivity contribution in [3.05, 3.63) is 66.5 Å². The van der Waals surface area contributed by atoms with Crippen molar-refractivity contribution in [3.8, 4) is 5.82 Å². The molecule has 2 N–H and O–H groups in total. The molecule has 4 rings (SSSR count). The predicted octanol–water partition coefficient (Wildman–Crippen LogP) is 2.25. The third-order valence-electron chi connectivity index (χ3n) is 4.09. The summed E-state index contributed by atoms with van der Waals surface area (Å²) in [5, 5.41) is 22.7. The van der Waals surface area contributed by atoms with Crippen LogP contribution in [0.2, 0.25) is 0 Å². The van der Waals surface area contributed by atoms with E-state index in [2.05, 4.69) is 36.0 Å². The maximum Gasteiger partial charge on any atom is 0.246 e. The van der Waals surface area contributed by atoms with Crippen molar-refractivity contribution < 1.29 is 4.79 Å². The summed E-state index contributed by atoms with van der Waals surface area (Å²) < 4.78 is 3.21. The molecular formula is C19H19N9O. The Balaban J connectivity index is 1.37. The fraction of sp³-hybridized carbons (Fsp3) is 0.158. The zero-order valence-corrected chi connectivity index (χ0v) is 15.9. The Labute approximate surface area is 166 Å². The molecule has 29 heavy (non-hydrogen) atoms. The van der Waals surface area contributed by atoms with E-state index in [9.17, 15) is 4.79 Å². The molecule has 0 aliphatic carbocycles. The van der Waals surface area contributed by atoms with Crippen molar-refractivity contribution in [1.29, 1.82) is 0 Å². The molecule has 146 valence electrons. The minimum atomic E-state index is -0.179. The number of benzene rings is 1. The van der Waals surface area contributed by atoms with Crippen molar-refractivity contribution in [2.75, 3.05) is 10.6 Å². The largest absolute Gasteiger partial charge is 0.339 e. The summed E-state index contributed by atoms with van der Waals surface area (Å²) in [5.74, 6) is 1.09. The van der Waals surface area contributed by atoms with Gasteiger partial charge >= 0.3 is 0 Å². The fourth-order valence-electron chi connectivity index (χ4n) is 2.81. The van der Waals surface area contributed by atoms with Crippen LogP contribution < -0.4 is 10.6 Å². The van der Waals surface area contributed by atoms with Crippen LogP contribution in [0.5, 0.6) is 0 Å². The molecule has 0 atom stereocenters. The van der Waals surface area contributed by atoms with Gasteiger partial charge in [0.05, 0.1) is 5.69 Å². The molecule has 0 aliphatic heterocycles. The van der Waals surface area contributed by atoms with Gasteiger partial charge in [-0.3, -0.25) is 4.79 Å². The smallest absolute Gasteiger partial charge is 0.246 e. The van der Waals surface area contributed by atoms with Crippen molar-refractivity contribution >= 4 is 23.1 Å². The number of amides is 1. The Morgan fingerprint density at radius 2 is 1.83 bits per heavy atom. The molecule has 0 saturated heterocycles. The highest BCUT2D eigenvalue weighted by atomic mass is 16.2. The van der Waals surface area contributed by atoms with Crippen LogP contribution in [0, 0.1) is 13.8 Å². The van der Waals surface area contributed by atoms with Gasteiger partial charge in [-0.05, 0) is 56.3 Å². The maximum atomic E-state index is 12.0. The zero-order chi connectivity index (χ0) is 20.2. The summed E-state index contributed by atoms with van der Waals surface area (Å²) >= 11 is 0. The van der Waals surface area contributed by atoms with E-state index in [0.717, 1.165) is 17.1 Å². The van der Waals surface area contributed by atoms with Gasteiger partial charge in [-0.1, -0.05) is 0 Å². The van der Waals surface area contributed by atoms with Crippen LogP contribution in [0.3, 0.4) is 0 Å². The second kappa shape index (κ2) is 7.89. The van der Waals surface area contributed by atoms with E-state index < -0.39 is 0 Å². The summed E-state index contributed by atoms with van der Waals surface area (Å²) in [4.78, 5) is 15.8. The Morgan fingerprint density at radius 3 is 2.45 bits per heavy atom. The Kier molecular flexibility index (Phi) is 4.97. The van der Waals surface area contributed by atoms with E-state index >= 15 is 0 Å². The lowest BCUT2D eigenvalue weighted by molar-refractivity contribution is -0.116. The molecule has 3 heterocycles. The molecular weight excluding hydrogens is 370 g/mol. The molecule has 0 bridgehead atoms. The van der Waals surface area contributed by atoms with Gasteiger partial charge in [0.25, 0.3) is 0 Å². The Hall–Kier alpha value is -4.08. The number of nitrogens with zero attached hydrogens (tertiary/aromatic N) is 7. The molecule has 0 spiro atoms. The highest BCUT2D eigenvalue weighted by molar-refractivity contribution is 5.90. The first-order chi connectivity index (χ1) is 14.1. The molecule has 3 aromatic heterocycles. The lowest BCUT2D eigenvalue weighted by atomic mass is 10.2. The molecule has 10 nitrogen and oxygen atoms in total. The number of anilines is 3. The first-order valence-corrected chi connectivity index (χ1v) is 8.93. The zero-order valence-electron chi connectivity index (χ0n) is 15.9. The average molecular weight is 389 g/mol. The van der Waals surface area contributed by atoms with Gasteiger partial charge in [-0.2, -0.15) is 10.2 Å². The lowest BCUT2D eigenvalue weighted by Gasteiger charge is -2.09. The van der Waals surface area contributed by atoms with Crippen LogP contribution in [0.4, 0.5) is 17.2 Å². The summed E-state index contributed by atoms with van der Waals surface area (Å²) in [7, 11) is 0. The minimum absolute atomic E-state index is 0.108. The van der Waals surface area contributed by atoms with Crippen molar-refractivity contribution in [2.24, 2.45) is 0 Å². The average Bonchev–Trinajstić information content (AvgIpc) is 3.33. The standard InChI is InChI=1S/C19H19N9O/c1-13-9-14(2)28(26-13)18-8-7-17(24-25-18)22-15-3-5-16(6-4-15)23-19(29)10-27-12-20-11-21-27/h3-9,11-12H,10H2,1-2H3,(H,22,24)(H,23,29). The normalized spacial score (nSPS) is 10.7. The Bertz CT molecular complexity index is 1100.